The topological polar surface area (TPSA) is 44.1 Å². The average Bonchev–Trinajstić information content (AvgIpc) is 2.86. The summed E-state index contributed by atoms with van der Waals surface area (Å²) in [5, 5.41) is 0. The van der Waals surface area contributed by atoms with E-state index in [4.69, 9.17) is 4.74 Å². The van der Waals surface area contributed by atoms with Gasteiger partial charge in [-0.15, -0.1) is 0 Å². The van der Waals surface area contributed by atoms with Crippen LogP contribution in [-0.2, 0) is 0 Å². The van der Waals surface area contributed by atoms with Crippen molar-refractivity contribution in [2.24, 2.45) is 0 Å². The largest absolute Gasteiger partial charge is 0.497 e. The molecular formula is C13H12N2O2. The normalized spacial score (nSPS) is 9.94. The first kappa shape index (κ1) is 11.1. The van der Waals surface area contributed by atoms with Crippen LogP contribution < -0.4 is 4.74 Å². The summed E-state index contributed by atoms with van der Waals surface area (Å²) < 4.78 is 6.63. The number of ether oxygens (including phenoxy) is 1. The van der Waals surface area contributed by atoms with Crippen molar-refractivity contribution in [2.75, 3.05) is 7.11 Å². The van der Waals surface area contributed by atoms with Gasteiger partial charge in [0.1, 0.15) is 5.75 Å². The average molecular weight is 228 g/mol. The molecule has 0 aliphatic rings. The zero-order chi connectivity index (χ0) is 12.3. The van der Waals surface area contributed by atoms with Crippen molar-refractivity contribution in [3.05, 3.63) is 54.6 Å². The molecule has 0 amide bonds. The Kier molecular flexibility index (Phi) is 3.05. The summed E-state index contributed by atoms with van der Waals surface area (Å²) >= 11 is 0. The van der Waals surface area contributed by atoms with Gasteiger partial charge in [-0.05, 0) is 24.3 Å². The van der Waals surface area contributed by atoms with Crippen molar-refractivity contribution in [1.29, 1.82) is 0 Å². The SMILES string of the molecule is C=Cn1ccnc1C(=O)c1ccc(OC)cc1. The monoisotopic (exact) mass is 228 g/mol. The van der Waals surface area contributed by atoms with Crippen LogP contribution in [0.5, 0.6) is 5.75 Å². The highest BCUT2D eigenvalue weighted by atomic mass is 16.5. The van der Waals surface area contributed by atoms with Crippen molar-refractivity contribution in [2.45, 2.75) is 0 Å². The molecule has 17 heavy (non-hydrogen) atoms. The van der Waals surface area contributed by atoms with Gasteiger partial charge in [0, 0.05) is 24.2 Å². The van der Waals surface area contributed by atoms with Gasteiger partial charge in [0.05, 0.1) is 7.11 Å². The Labute approximate surface area is 99.2 Å². The van der Waals surface area contributed by atoms with Crippen LogP contribution in [0.3, 0.4) is 0 Å². The Hall–Kier alpha value is -2.36. The van der Waals surface area contributed by atoms with Gasteiger partial charge in [0.2, 0.25) is 5.78 Å². The number of benzene rings is 1. The van der Waals surface area contributed by atoms with E-state index in [1.807, 2.05) is 0 Å². The number of methoxy groups -OCH3 is 1. The van der Waals surface area contributed by atoms with Crippen molar-refractivity contribution in [1.82, 2.24) is 9.55 Å². The van der Waals surface area contributed by atoms with E-state index >= 15 is 0 Å². The summed E-state index contributed by atoms with van der Waals surface area (Å²) in [6.45, 7) is 3.62. The Morgan fingerprint density at radius 2 is 2.12 bits per heavy atom. The number of carbonyl (C=O) groups excluding carboxylic acids is 1. The van der Waals surface area contributed by atoms with Gasteiger partial charge in [0.15, 0.2) is 5.82 Å². The first-order valence-electron chi connectivity index (χ1n) is 5.10. The molecule has 0 bridgehead atoms. The Morgan fingerprint density at radius 1 is 1.41 bits per heavy atom. The van der Waals surface area contributed by atoms with Crippen LogP contribution in [0.25, 0.3) is 6.20 Å². The quantitative estimate of drug-likeness (QED) is 0.754. The van der Waals surface area contributed by atoms with Gasteiger partial charge in [-0.3, -0.25) is 4.79 Å². The number of rotatable bonds is 4. The smallest absolute Gasteiger partial charge is 0.228 e. The summed E-state index contributed by atoms with van der Waals surface area (Å²) in [4.78, 5) is 16.1. The standard InChI is InChI=1S/C13H12N2O2/c1-3-15-9-8-14-13(15)12(16)10-4-6-11(17-2)7-5-10/h3-9H,1H2,2H3. The fourth-order valence-electron chi connectivity index (χ4n) is 1.51. The third-order valence-electron chi connectivity index (χ3n) is 2.42. The fraction of sp³-hybridized carbons (Fsp3) is 0.0769. The number of carbonyl (C=O) groups is 1. The minimum atomic E-state index is -0.141. The summed E-state index contributed by atoms with van der Waals surface area (Å²) in [6, 6.07) is 6.91. The van der Waals surface area contributed by atoms with Crippen molar-refractivity contribution >= 4 is 12.0 Å². The Bertz CT molecular complexity index is 541. The predicted octanol–water partition coefficient (Wildman–Crippen LogP) is 2.22. The van der Waals surface area contributed by atoms with Crippen LogP contribution in [0.15, 0.2) is 43.2 Å². The lowest BCUT2D eigenvalue weighted by atomic mass is 10.1. The number of aromatic nitrogens is 2. The summed E-state index contributed by atoms with van der Waals surface area (Å²) in [5.74, 6) is 0.927. The highest BCUT2D eigenvalue weighted by molar-refractivity contribution is 6.07. The molecule has 4 nitrogen and oxygen atoms in total. The molecule has 0 radical (unpaired) electrons. The van der Waals surface area contributed by atoms with Crippen LogP contribution in [0, 0.1) is 0 Å². The second kappa shape index (κ2) is 4.65. The lowest BCUT2D eigenvalue weighted by molar-refractivity contribution is 0.102. The van der Waals surface area contributed by atoms with Crippen LogP contribution in [0.2, 0.25) is 0 Å². The number of nitrogens with zero attached hydrogens (tertiary/aromatic N) is 2. The highest BCUT2D eigenvalue weighted by Gasteiger charge is 2.13. The van der Waals surface area contributed by atoms with Gasteiger partial charge in [-0.25, -0.2) is 4.98 Å². The number of hydrogen-bond donors (Lipinski definition) is 0. The molecule has 0 saturated heterocycles. The molecule has 0 spiro atoms. The first-order valence-corrected chi connectivity index (χ1v) is 5.10. The zero-order valence-electron chi connectivity index (χ0n) is 9.46. The van der Waals surface area contributed by atoms with Crippen LogP contribution in [0.4, 0.5) is 0 Å². The molecule has 0 unspecified atom stereocenters. The van der Waals surface area contributed by atoms with Crippen LogP contribution in [-0.4, -0.2) is 22.4 Å². The number of imidazole rings is 1. The number of ketones is 1. The van der Waals surface area contributed by atoms with Gasteiger partial charge < -0.3 is 9.30 Å². The highest BCUT2D eigenvalue weighted by Crippen LogP contribution is 2.14. The molecule has 0 atom stereocenters. The number of hydrogen-bond acceptors (Lipinski definition) is 3. The molecule has 0 aliphatic heterocycles. The Balaban J connectivity index is 2.33. The van der Waals surface area contributed by atoms with E-state index in [1.54, 1.807) is 54.5 Å². The lowest BCUT2D eigenvalue weighted by Gasteiger charge is -2.03. The van der Waals surface area contributed by atoms with Crippen molar-refractivity contribution in [3.63, 3.8) is 0 Å². The molecule has 1 heterocycles. The second-order valence-corrected chi connectivity index (χ2v) is 3.40. The van der Waals surface area contributed by atoms with E-state index in [9.17, 15) is 4.79 Å². The predicted molar refractivity (Wildman–Crippen MR) is 65.0 cm³/mol. The minimum Gasteiger partial charge on any atom is -0.497 e. The zero-order valence-corrected chi connectivity index (χ0v) is 9.46. The molecular weight excluding hydrogens is 216 g/mol. The van der Waals surface area contributed by atoms with E-state index in [0.717, 1.165) is 0 Å². The summed E-state index contributed by atoms with van der Waals surface area (Å²) in [7, 11) is 1.58. The fourth-order valence-corrected chi connectivity index (χ4v) is 1.51. The van der Waals surface area contributed by atoms with Crippen LogP contribution in [0.1, 0.15) is 16.2 Å². The van der Waals surface area contributed by atoms with Crippen LogP contribution >= 0.6 is 0 Å². The Morgan fingerprint density at radius 3 is 2.71 bits per heavy atom. The maximum absolute atomic E-state index is 12.1. The summed E-state index contributed by atoms with van der Waals surface area (Å²) in [5.41, 5.74) is 0.570. The van der Waals surface area contributed by atoms with Crippen molar-refractivity contribution < 1.29 is 9.53 Å². The van der Waals surface area contributed by atoms with Gasteiger partial charge >= 0.3 is 0 Å². The van der Waals surface area contributed by atoms with Gasteiger partial charge in [-0.1, -0.05) is 6.58 Å². The molecule has 86 valence electrons. The summed E-state index contributed by atoms with van der Waals surface area (Å²) in [6.07, 6.45) is 4.80. The third-order valence-corrected chi connectivity index (χ3v) is 2.42. The molecule has 0 saturated carbocycles. The molecule has 0 fully saturated rings. The van der Waals surface area contributed by atoms with E-state index in [2.05, 4.69) is 11.6 Å². The van der Waals surface area contributed by atoms with E-state index in [-0.39, 0.29) is 5.78 Å². The molecule has 1 aromatic heterocycles. The molecule has 0 N–H and O–H groups in total. The van der Waals surface area contributed by atoms with Gasteiger partial charge in [0.25, 0.3) is 0 Å². The minimum absolute atomic E-state index is 0.141. The van der Waals surface area contributed by atoms with Crippen molar-refractivity contribution in [3.8, 4) is 5.75 Å². The van der Waals surface area contributed by atoms with E-state index in [0.29, 0.717) is 17.1 Å². The van der Waals surface area contributed by atoms with E-state index in [1.165, 1.54) is 0 Å². The molecule has 4 heteroatoms. The van der Waals surface area contributed by atoms with Gasteiger partial charge in [-0.2, -0.15) is 0 Å². The molecule has 0 aliphatic carbocycles. The lowest BCUT2D eigenvalue weighted by Crippen LogP contribution is -2.07. The first-order chi connectivity index (χ1) is 8.26. The molecule has 2 aromatic rings. The molecule has 1 aromatic carbocycles. The maximum atomic E-state index is 12.1. The third kappa shape index (κ3) is 2.10. The van der Waals surface area contributed by atoms with E-state index < -0.39 is 0 Å². The molecule has 2 rings (SSSR count). The second-order valence-electron chi connectivity index (χ2n) is 3.40. The maximum Gasteiger partial charge on any atom is 0.228 e.